The molecule has 1 fully saturated rings. The molecule has 1 aromatic heterocycles. The smallest absolute Gasteiger partial charge is 0.245 e. The lowest BCUT2D eigenvalue weighted by molar-refractivity contribution is -0.155. The third-order valence-electron chi connectivity index (χ3n) is 3.88. The van der Waals surface area contributed by atoms with E-state index >= 15 is 0 Å². The van der Waals surface area contributed by atoms with Gasteiger partial charge in [0, 0.05) is 13.5 Å². The number of nitrogens with zero attached hydrogens (tertiary/aromatic N) is 4. The summed E-state index contributed by atoms with van der Waals surface area (Å²) in [6.45, 7) is 2.32. The van der Waals surface area contributed by atoms with Crippen LogP contribution in [0, 0.1) is 6.92 Å². The molecule has 0 unspecified atom stereocenters. The quantitative estimate of drug-likeness (QED) is 0.846. The van der Waals surface area contributed by atoms with Gasteiger partial charge in [0.25, 0.3) is 0 Å². The predicted molar refractivity (Wildman–Crippen MR) is 86.8 cm³/mol. The lowest BCUT2D eigenvalue weighted by Gasteiger charge is -2.38. The first-order valence-corrected chi connectivity index (χ1v) is 8.23. The zero-order valence-corrected chi connectivity index (χ0v) is 13.9. The molecule has 120 valence electrons. The fourth-order valence-electron chi connectivity index (χ4n) is 2.71. The van der Waals surface area contributed by atoms with Gasteiger partial charge in [-0.3, -0.25) is 9.59 Å². The normalized spacial score (nSPS) is 18.6. The van der Waals surface area contributed by atoms with Crippen molar-refractivity contribution in [1.82, 2.24) is 20.0 Å². The van der Waals surface area contributed by atoms with Crippen molar-refractivity contribution in [3.05, 3.63) is 45.9 Å². The first-order chi connectivity index (χ1) is 11.0. The monoisotopic (exact) mass is 330 g/mol. The number of piperazine rings is 1. The van der Waals surface area contributed by atoms with Crippen LogP contribution in [0.25, 0.3) is 0 Å². The Kier molecular flexibility index (Phi) is 4.38. The molecular weight excluding hydrogens is 312 g/mol. The summed E-state index contributed by atoms with van der Waals surface area (Å²) in [5, 5.41) is 9.67. The Hall–Kier alpha value is -2.28. The number of likely N-dealkylation sites (N-methyl/N-ethyl adjacent to an activating group) is 1. The van der Waals surface area contributed by atoms with E-state index in [9.17, 15) is 9.59 Å². The number of amides is 2. The van der Waals surface area contributed by atoms with Crippen LogP contribution in [0.3, 0.4) is 0 Å². The van der Waals surface area contributed by atoms with Gasteiger partial charge in [-0.1, -0.05) is 41.7 Å². The molecule has 23 heavy (non-hydrogen) atoms. The van der Waals surface area contributed by atoms with Crippen LogP contribution in [0.5, 0.6) is 0 Å². The summed E-state index contributed by atoms with van der Waals surface area (Å²) in [6.07, 6.45) is 0.507. The van der Waals surface area contributed by atoms with Gasteiger partial charge in [-0.05, 0) is 12.5 Å². The van der Waals surface area contributed by atoms with Crippen LogP contribution in [0.15, 0.2) is 30.3 Å². The summed E-state index contributed by atoms with van der Waals surface area (Å²) in [5.74, 6) is -0.0874. The topological polar surface area (TPSA) is 66.4 Å². The van der Waals surface area contributed by atoms with Crippen LogP contribution in [-0.2, 0) is 22.6 Å². The molecule has 1 saturated heterocycles. The molecule has 7 heteroatoms. The Morgan fingerprint density at radius 2 is 1.96 bits per heavy atom. The van der Waals surface area contributed by atoms with E-state index in [0.29, 0.717) is 13.0 Å². The molecule has 0 spiro atoms. The zero-order chi connectivity index (χ0) is 16.4. The van der Waals surface area contributed by atoms with Gasteiger partial charge in [0.1, 0.15) is 16.1 Å². The summed E-state index contributed by atoms with van der Waals surface area (Å²) in [7, 11) is 1.67. The van der Waals surface area contributed by atoms with E-state index in [-0.39, 0.29) is 18.4 Å². The van der Waals surface area contributed by atoms with Gasteiger partial charge in [-0.2, -0.15) is 0 Å². The molecule has 2 aromatic rings. The first-order valence-electron chi connectivity index (χ1n) is 7.42. The van der Waals surface area contributed by atoms with Crippen LogP contribution < -0.4 is 0 Å². The van der Waals surface area contributed by atoms with Gasteiger partial charge in [-0.25, -0.2) is 0 Å². The van der Waals surface area contributed by atoms with Gasteiger partial charge >= 0.3 is 0 Å². The Morgan fingerprint density at radius 1 is 1.22 bits per heavy atom. The fraction of sp³-hybridized carbons (Fsp3) is 0.375. The third-order valence-corrected chi connectivity index (χ3v) is 4.70. The van der Waals surface area contributed by atoms with Crippen molar-refractivity contribution < 1.29 is 9.59 Å². The lowest BCUT2D eigenvalue weighted by atomic mass is 10.0. The molecule has 0 aliphatic carbocycles. The molecule has 2 amide bonds. The number of carbonyl (C=O) groups excluding carboxylic acids is 2. The van der Waals surface area contributed by atoms with Gasteiger partial charge in [0.05, 0.1) is 13.1 Å². The number of carbonyl (C=O) groups is 2. The van der Waals surface area contributed by atoms with Crippen molar-refractivity contribution in [3.63, 3.8) is 0 Å². The number of hydrogen-bond donors (Lipinski definition) is 0. The van der Waals surface area contributed by atoms with Crippen LogP contribution in [0.2, 0.25) is 0 Å². The first kappa shape index (κ1) is 15.6. The van der Waals surface area contributed by atoms with E-state index in [1.807, 2.05) is 37.3 Å². The second kappa shape index (κ2) is 6.45. The Bertz CT molecular complexity index is 716. The van der Waals surface area contributed by atoms with E-state index in [4.69, 9.17) is 0 Å². The summed E-state index contributed by atoms with van der Waals surface area (Å²) in [4.78, 5) is 28.2. The Labute approximate surface area is 138 Å². The summed E-state index contributed by atoms with van der Waals surface area (Å²) < 4.78 is 0. The highest BCUT2D eigenvalue weighted by molar-refractivity contribution is 7.11. The SMILES string of the molecule is Cc1nnc(CN2C(=O)CN(C)C(=O)[C@@H]2Cc2ccccc2)s1. The molecular formula is C16H18N4O2S. The predicted octanol–water partition coefficient (Wildman–Crippen LogP) is 1.26. The molecule has 0 bridgehead atoms. The van der Waals surface area contributed by atoms with Gasteiger partial charge in [0.15, 0.2) is 0 Å². The average molecular weight is 330 g/mol. The van der Waals surface area contributed by atoms with Crippen LogP contribution in [0.1, 0.15) is 15.6 Å². The lowest BCUT2D eigenvalue weighted by Crippen LogP contribution is -2.59. The minimum Gasteiger partial charge on any atom is -0.335 e. The van der Waals surface area contributed by atoms with E-state index in [2.05, 4.69) is 10.2 Å². The summed E-state index contributed by atoms with van der Waals surface area (Å²) in [5.41, 5.74) is 1.03. The minimum atomic E-state index is -0.493. The van der Waals surface area contributed by atoms with Crippen molar-refractivity contribution in [3.8, 4) is 0 Å². The van der Waals surface area contributed by atoms with Crippen molar-refractivity contribution in [1.29, 1.82) is 0 Å². The van der Waals surface area contributed by atoms with Gasteiger partial charge in [-0.15, -0.1) is 10.2 Å². The molecule has 1 atom stereocenters. The molecule has 1 aliphatic rings. The van der Waals surface area contributed by atoms with Crippen molar-refractivity contribution in [2.24, 2.45) is 0 Å². The highest BCUT2D eigenvalue weighted by Crippen LogP contribution is 2.20. The maximum atomic E-state index is 12.6. The largest absolute Gasteiger partial charge is 0.335 e. The number of aromatic nitrogens is 2. The second-order valence-corrected chi connectivity index (χ2v) is 6.90. The van der Waals surface area contributed by atoms with Crippen molar-refractivity contribution in [2.45, 2.75) is 25.9 Å². The average Bonchev–Trinajstić information content (AvgIpc) is 2.95. The Morgan fingerprint density at radius 3 is 2.61 bits per heavy atom. The molecule has 6 nitrogen and oxygen atoms in total. The highest BCUT2D eigenvalue weighted by Gasteiger charge is 2.38. The molecule has 2 heterocycles. The molecule has 0 radical (unpaired) electrons. The fourth-order valence-corrected chi connectivity index (χ4v) is 3.42. The van der Waals surface area contributed by atoms with Crippen LogP contribution >= 0.6 is 11.3 Å². The number of hydrogen-bond acceptors (Lipinski definition) is 5. The summed E-state index contributed by atoms with van der Waals surface area (Å²) in [6, 6.07) is 9.26. The van der Waals surface area contributed by atoms with E-state index in [0.717, 1.165) is 15.6 Å². The zero-order valence-electron chi connectivity index (χ0n) is 13.1. The van der Waals surface area contributed by atoms with Crippen molar-refractivity contribution >= 4 is 23.2 Å². The number of benzene rings is 1. The molecule has 1 aliphatic heterocycles. The molecule has 3 rings (SSSR count). The minimum absolute atomic E-state index is 0.0327. The van der Waals surface area contributed by atoms with E-state index in [1.54, 1.807) is 11.9 Å². The second-order valence-electron chi connectivity index (χ2n) is 5.64. The van der Waals surface area contributed by atoms with Crippen LogP contribution in [0.4, 0.5) is 0 Å². The number of rotatable bonds is 4. The highest BCUT2D eigenvalue weighted by atomic mass is 32.1. The molecule has 0 N–H and O–H groups in total. The van der Waals surface area contributed by atoms with Crippen LogP contribution in [-0.4, -0.2) is 51.4 Å². The Balaban J connectivity index is 1.85. The molecule has 1 aromatic carbocycles. The summed E-state index contributed by atoms with van der Waals surface area (Å²) >= 11 is 1.45. The van der Waals surface area contributed by atoms with Gasteiger partial charge < -0.3 is 9.80 Å². The number of aryl methyl sites for hydroxylation is 1. The van der Waals surface area contributed by atoms with Gasteiger partial charge in [0.2, 0.25) is 11.8 Å². The standard InChI is InChI=1S/C16H18N4O2S/c1-11-17-18-14(23-11)9-20-13(8-12-6-4-3-5-7-12)16(22)19(2)10-15(20)21/h3-7,13H,8-10H2,1-2H3/t13-/m0/s1. The molecule has 0 saturated carbocycles. The third kappa shape index (κ3) is 3.39. The maximum absolute atomic E-state index is 12.6. The maximum Gasteiger partial charge on any atom is 0.245 e. The van der Waals surface area contributed by atoms with E-state index in [1.165, 1.54) is 16.2 Å². The van der Waals surface area contributed by atoms with Crippen molar-refractivity contribution in [2.75, 3.05) is 13.6 Å². The van der Waals surface area contributed by atoms with E-state index < -0.39 is 6.04 Å².